The third kappa shape index (κ3) is 6.46. The summed E-state index contributed by atoms with van der Waals surface area (Å²) in [5.74, 6) is -1.02. The SMILES string of the molecule is CCOC(=O)CC(NCCN(C)C)C(=O)c1ccc(F)c(C)c1. The molecule has 0 amide bonds. The van der Waals surface area contributed by atoms with Gasteiger partial charge in [-0.2, -0.15) is 0 Å². The van der Waals surface area contributed by atoms with Gasteiger partial charge < -0.3 is 15.0 Å². The van der Waals surface area contributed by atoms with Gasteiger partial charge in [0.05, 0.1) is 19.1 Å². The summed E-state index contributed by atoms with van der Waals surface area (Å²) in [5, 5.41) is 3.09. The fourth-order valence-electron chi connectivity index (χ4n) is 2.11. The van der Waals surface area contributed by atoms with Crippen molar-refractivity contribution in [3.8, 4) is 0 Å². The van der Waals surface area contributed by atoms with E-state index in [0.29, 0.717) is 17.7 Å². The molecule has 1 aromatic rings. The molecule has 23 heavy (non-hydrogen) atoms. The van der Waals surface area contributed by atoms with Crippen LogP contribution in [-0.4, -0.2) is 56.5 Å². The van der Waals surface area contributed by atoms with E-state index in [1.807, 2.05) is 19.0 Å². The zero-order chi connectivity index (χ0) is 17.4. The molecular formula is C17H25FN2O3. The summed E-state index contributed by atoms with van der Waals surface area (Å²) >= 11 is 0. The number of esters is 1. The highest BCUT2D eigenvalue weighted by molar-refractivity contribution is 6.02. The molecule has 1 unspecified atom stereocenters. The monoisotopic (exact) mass is 324 g/mol. The lowest BCUT2D eigenvalue weighted by atomic mass is 9.99. The van der Waals surface area contributed by atoms with Crippen molar-refractivity contribution in [2.45, 2.75) is 26.3 Å². The maximum absolute atomic E-state index is 13.4. The van der Waals surface area contributed by atoms with Crippen molar-refractivity contribution in [1.29, 1.82) is 0 Å². The molecule has 0 fully saturated rings. The van der Waals surface area contributed by atoms with E-state index in [1.165, 1.54) is 18.2 Å². The number of carbonyl (C=O) groups is 2. The predicted molar refractivity (Wildman–Crippen MR) is 87.1 cm³/mol. The molecule has 1 rings (SSSR count). The molecule has 0 aliphatic carbocycles. The highest BCUT2D eigenvalue weighted by Crippen LogP contribution is 2.13. The van der Waals surface area contributed by atoms with Gasteiger partial charge in [0, 0.05) is 18.7 Å². The fraction of sp³-hybridized carbons (Fsp3) is 0.529. The van der Waals surface area contributed by atoms with Crippen molar-refractivity contribution in [3.05, 3.63) is 35.1 Å². The highest BCUT2D eigenvalue weighted by Gasteiger charge is 2.23. The van der Waals surface area contributed by atoms with Crippen molar-refractivity contribution >= 4 is 11.8 Å². The van der Waals surface area contributed by atoms with E-state index in [4.69, 9.17) is 4.74 Å². The van der Waals surface area contributed by atoms with Crippen molar-refractivity contribution in [3.63, 3.8) is 0 Å². The molecule has 0 saturated heterocycles. The number of ketones is 1. The van der Waals surface area contributed by atoms with E-state index in [-0.39, 0.29) is 24.6 Å². The van der Waals surface area contributed by atoms with Crippen LogP contribution < -0.4 is 5.32 Å². The molecule has 0 heterocycles. The Hall–Kier alpha value is -1.79. The number of hydrogen-bond donors (Lipinski definition) is 1. The van der Waals surface area contributed by atoms with Crippen LogP contribution >= 0.6 is 0 Å². The predicted octanol–water partition coefficient (Wildman–Crippen LogP) is 1.79. The Morgan fingerprint density at radius 1 is 1.35 bits per heavy atom. The summed E-state index contributed by atoms with van der Waals surface area (Å²) in [6.45, 7) is 4.88. The lowest BCUT2D eigenvalue weighted by Gasteiger charge is -2.19. The van der Waals surface area contributed by atoms with E-state index in [2.05, 4.69) is 5.32 Å². The number of carbonyl (C=O) groups excluding carboxylic acids is 2. The van der Waals surface area contributed by atoms with E-state index in [1.54, 1.807) is 13.8 Å². The molecule has 0 saturated carbocycles. The maximum atomic E-state index is 13.4. The molecule has 5 nitrogen and oxygen atoms in total. The summed E-state index contributed by atoms with van der Waals surface area (Å²) < 4.78 is 18.3. The average Bonchev–Trinajstić information content (AvgIpc) is 2.48. The first kappa shape index (κ1) is 19.3. The minimum atomic E-state index is -0.682. The minimum Gasteiger partial charge on any atom is -0.466 e. The topological polar surface area (TPSA) is 58.6 Å². The number of ether oxygens (including phenoxy) is 1. The molecule has 128 valence electrons. The third-order valence-corrected chi connectivity index (χ3v) is 3.38. The van der Waals surface area contributed by atoms with Crippen LogP contribution in [0.25, 0.3) is 0 Å². The molecule has 0 radical (unpaired) electrons. The second-order valence-corrected chi connectivity index (χ2v) is 5.65. The van der Waals surface area contributed by atoms with Crippen LogP contribution in [0.1, 0.15) is 29.3 Å². The van der Waals surface area contributed by atoms with Gasteiger partial charge in [-0.3, -0.25) is 9.59 Å². The number of nitrogens with one attached hydrogen (secondary N) is 1. The molecule has 0 aliphatic heterocycles. The van der Waals surface area contributed by atoms with Crippen LogP contribution in [-0.2, 0) is 9.53 Å². The average molecular weight is 324 g/mol. The minimum absolute atomic E-state index is 0.0451. The van der Waals surface area contributed by atoms with Gasteiger partial charge >= 0.3 is 5.97 Å². The quantitative estimate of drug-likeness (QED) is 0.554. The number of nitrogens with zero attached hydrogens (tertiary/aromatic N) is 1. The summed E-state index contributed by atoms with van der Waals surface area (Å²) in [4.78, 5) is 26.3. The van der Waals surface area contributed by atoms with Gasteiger partial charge in [-0.25, -0.2) is 4.39 Å². The molecule has 1 aromatic carbocycles. The smallest absolute Gasteiger partial charge is 0.307 e. The van der Waals surface area contributed by atoms with Crippen molar-refractivity contribution < 1.29 is 18.7 Å². The Labute approximate surface area is 136 Å². The summed E-state index contributed by atoms with van der Waals surface area (Å²) in [6, 6.07) is 3.53. The number of aryl methyl sites for hydroxylation is 1. The van der Waals surface area contributed by atoms with Crippen LogP contribution in [0.2, 0.25) is 0 Å². The van der Waals surface area contributed by atoms with Gasteiger partial charge in [0.1, 0.15) is 5.82 Å². The first-order valence-electron chi connectivity index (χ1n) is 7.69. The van der Waals surface area contributed by atoms with E-state index < -0.39 is 12.0 Å². The first-order chi connectivity index (χ1) is 10.8. The van der Waals surface area contributed by atoms with Gasteiger partial charge in [0.25, 0.3) is 0 Å². The number of benzene rings is 1. The van der Waals surface area contributed by atoms with Gasteiger partial charge in [-0.05, 0) is 51.7 Å². The van der Waals surface area contributed by atoms with Crippen LogP contribution in [0.3, 0.4) is 0 Å². The Morgan fingerprint density at radius 2 is 2.04 bits per heavy atom. The largest absolute Gasteiger partial charge is 0.466 e. The van der Waals surface area contributed by atoms with E-state index in [0.717, 1.165) is 6.54 Å². The Bertz CT molecular complexity index is 547. The van der Waals surface area contributed by atoms with Crippen molar-refractivity contribution in [2.75, 3.05) is 33.8 Å². The summed E-state index contributed by atoms with van der Waals surface area (Å²) in [5.41, 5.74) is 0.787. The normalized spacial score (nSPS) is 12.3. The number of hydrogen-bond acceptors (Lipinski definition) is 5. The van der Waals surface area contributed by atoms with Gasteiger partial charge in [0.2, 0.25) is 0 Å². The van der Waals surface area contributed by atoms with Crippen molar-refractivity contribution in [2.24, 2.45) is 0 Å². The zero-order valence-corrected chi connectivity index (χ0v) is 14.2. The second-order valence-electron chi connectivity index (χ2n) is 5.65. The van der Waals surface area contributed by atoms with E-state index in [9.17, 15) is 14.0 Å². The molecule has 0 bridgehead atoms. The number of Topliss-reactive ketones (excluding diaryl/α,β-unsaturated/α-hetero) is 1. The highest BCUT2D eigenvalue weighted by atomic mass is 19.1. The zero-order valence-electron chi connectivity index (χ0n) is 14.2. The number of likely N-dealkylation sites (N-methyl/N-ethyl adjacent to an activating group) is 1. The van der Waals surface area contributed by atoms with Gasteiger partial charge in [-0.15, -0.1) is 0 Å². The summed E-state index contributed by atoms with van der Waals surface area (Å²) in [6.07, 6.45) is -0.0451. The summed E-state index contributed by atoms with van der Waals surface area (Å²) in [7, 11) is 3.85. The standard InChI is InChI=1S/C17H25FN2O3/c1-5-23-16(21)11-15(19-8-9-20(3)4)17(22)13-6-7-14(18)12(2)10-13/h6-7,10,15,19H,5,8-9,11H2,1-4H3. The first-order valence-corrected chi connectivity index (χ1v) is 7.69. The molecule has 0 aromatic heterocycles. The number of halogens is 1. The lowest BCUT2D eigenvalue weighted by Crippen LogP contribution is -2.42. The fourth-order valence-corrected chi connectivity index (χ4v) is 2.11. The maximum Gasteiger partial charge on any atom is 0.307 e. The molecule has 6 heteroatoms. The third-order valence-electron chi connectivity index (χ3n) is 3.38. The molecule has 0 spiro atoms. The van der Waals surface area contributed by atoms with Crippen LogP contribution in [0.4, 0.5) is 4.39 Å². The van der Waals surface area contributed by atoms with Crippen molar-refractivity contribution in [1.82, 2.24) is 10.2 Å². The van der Waals surface area contributed by atoms with Crippen LogP contribution in [0, 0.1) is 12.7 Å². The van der Waals surface area contributed by atoms with Gasteiger partial charge in [0.15, 0.2) is 5.78 Å². The van der Waals surface area contributed by atoms with E-state index >= 15 is 0 Å². The van der Waals surface area contributed by atoms with Crippen LogP contribution in [0.15, 0.2) is 18.2 Å². The Morgan fingerprint density at radius 3 is 2.61 bits per heavy atom. The Kier molecular flexibility index (Phi) is 7.85. The lowest BCUT2D eigenvalue weighted by molar-refractivity contribution is -0.143. The van der Waals surface area contributed by atoms with Crippen LogP contribution in [0.5, 0.6) is 0 Å². The van der Waals surface area contributed by atoms with Gasteiger partial charge in [-0.1, -0.05) is 0 Å². The Balaban J connectivity index is 2.84. The molecule has 1 atom stereocenters. The molecule has 0 aliphatic rings. The molecular weight excluding hydrogens is 299 g/mol. The number of rotatable bonds is 9. The second kappa shape index (κ2) is 9.37. The molecule has 1 N–H and O–H groups in total.